The molecule has 162 valence electrons. The Kier molecular flexibility index (Phi) is 3.84. The quantitative estimate of drug-likeness (QED) is 0.258. The first-order valence-electron chi connectivity index (χ1n) is 10.7. The Labute approximate surface area is 188 Å². The fourth-order valence-electron chi connectivity index (χ4n) is 5.34. The zero-order valence-electron chi connectivity index (χ0n) is 18.0. The molecule has 0 spiro atoms. The van der Waals surface area contributed by atoms with Gasteiger partial charge in [-0.2, -0.15) is 0 Å². The molecule has 33 heavy (non-hydrogen) atoms. The Bertz CT molecular complexity index is 1550. The molecule has 3 N–H and O–H groups in total. The summed E-state index contributed by atoms with van der Waals surface area (Å²) in [6.45, 7) is 3.97. The molecule has 0 bridgehead atoms. The smallest absolute Gasteiger partial charge is 0.269 e. The first-order chi connectivity index (χ1) is 15.9. The van der Waals surface area contributed by atoms with Gasteiger partial charge in [0.1, 0.15) is 0 Å². The Balaban J connectivity index is 1.79. The van der Waals surface area contributed by atoms with Crippen molar-refractivity contribution in [2.24, 2.45) is 0 Å². The van der Waals surface area contributed by atoms with Gasteiger partial charge in [-0.1, -0.05) is 36.4 Å². The van der Waals surface area contributed by atoms with Gasteiger partial charge in [0.2, 0.25) is 5.91 Å². The predicted octanol–water partition coefficient (Wildman–Crippen LogP) is 5.46. The van der Waals surface area contributed by atoms with E-state index >= 15 is 0 Å². The summed E-state index contributed by atoms with van der Waals surface area (Å²) in [5.74, 6) is -0.248. The third-order valence-electron chi connectivity index (χ3n) is 6.89. The van der Waals surface area contributed by atoms with Crippen molar-refractivity contribution in [3.05, 3.63) is 105 Å². The van der Waals surface area contributed by atoms with Crippen LogP contribution in [0.2, 0.25) is 0 Å². The van der Waals surface area contributed by atoms with E-state index in [4.69, 9.17) is 0 Å². The summed E-state index contributed by atoms with van der Waals surface area (Å²) in [6.07, 6.45) is 0. The van der Waals surface area contributed by atoms with Crippen LogP contribution in [-0.2, 0) is 10.2 Å². The van der Waals surface area contributed by atoms with E-state index in [0.717, 1.165) is 32.9 Å². The predicted molar refractivity (Wildman–Crippen MR) is 128 cm³/mol. The number of aromatic nitrogens is 2. The third kappa shape index (κ3) is 2.41. The number of carbonyl (C=O) groups excluding carboxylic acids is 1. The largest absolute Gasteiger partial charge is 0.357 e. The number of aryl methyl sites for hydroxylation is 2. The molecule has 1 aliphatic heterocycles. The number of fused-ring (bicyclic) bond motifs is 3. The summed E-state index contributed by atoms with van der Waals surface area (Å²) in [5.41, 5.74) is 4.86. The molecule has 7 heteroatoms. The van der Waals surface area contributed by atoms with Crippen LogP contribution in [0.1, 0.15) is 28.1 Å². The molecule has 5 aromatic rings. The van der Waals surface area contributed by atoms with Crippen LogP contribution in [0.3, 0.4) is 0 Å². The van der Waals surface area contributed by atoms with Gasteiger partial charge in [0.25, 0.3) is 5.69 Å². The number of nitro groups is 1. The van der Waals surface area contributed by atoms with E-state index in [0.29, 0.717) is 22.6 Å². The molecule has 0 fully saturated rings. The van der Waals surface area contributed by atoms with Gasteiger partial charge in [-0.3, -0.25) is 14.9 Å². The molecule has 0 aliphatic carbocycles. The lowest BCUT2D eigenvalue weighted by Crippen LogP contribution is -2.39. The zero-order valence-corrected chi connectivity index (χ0v) is 18.0. The summed E-state index contributed by atoms with van der Waals surface area (Å²) in [7, 11) is 0. The fourth-order valence-corrected chi connectivity index (χ4v) is 5.34. The van der Waals surface area contributed by atoms with Crippen molar-refractivity contribution >= 4 is 39.1 Å². The number of nitro benzene ring substituents is 1. The lowest BCUT2D eigenvalue weighted by atomic mass is 9.73. The Morgan fingerprint density at radius 1 is 0.818 bits per heavy atom. The number of hydrogen-bond acceptors (Lipinski definition) is 3. The molecule has 3 heterocycles. The third-order valence-corrected chi connectivity index (χ3v) is 6.89. The number of anilines is 1. The van der Waals surface area contributed by atoms with E-state index in [1.807, 2.05) is 62.4 Å². The van der Waals surface area contributed by atoms with E-state index in [1.165, 1.54) is 12.1 Å². The van der Waals surface area contributed by atoms with Gasteiger partial charge in [-0.05, 0) is 43.2 Å². The number of amides is 1. The van der Waals surface area contributed by atoms with Gasteiger partial charge < -0.3 is 15.3 Å². The lowest BCUT2D eigenvalue weighted by molar-refractivity contribution is -0.384. The van der Waals surface area contributed by atoms with Crippen molar-refractivity contribution in [2.75, 3.05) is 5.32 Å². The molecule has 6 rings (SSSR count). The number of carbonyl (C=O) groups is 1. The standard InChI is InChI=1S/C26H20N4O3/c1-14-17-7-3-5-9-20(17)27-23(14)26(24-15(2)18-8-4-6-10-21(18)28-24)19-13-16(30(32)33)11-12-22(19)29-25(26)31/h3-13,27-28H,1-2H3,(H,29,31). The molecule has 7 nitrogen and oxygen atoms in total. The van der Waals surface area contributed by atoms with Gasteiger partial charge in [0.05, 0.1) is 4.92 Å². The maximum Gasteiger partial charge on any atom is 0.269 e. The minimum atomic E-state index is -1.30. The highest BCUT2D eigenvalue weighted by atomic mass is 16.6. The SMILES string of the molecule is Cc1c(C2(c3[nH]c4ccccc4c3C)C(=O)Nc3ccc([N+](=O)[O-])cc32)[nH]c2ccccc12. The normalized spacial score (nSPS) is 14.5. The van der Waals surface area contributed by atoms with Crippen molar-refractivity contribution in [1.82, 2.24) is 9.97 Å². The fraction of sp³-hybridized carbons (Fsp3) is 0.115. The highest BCUT2D eigenvalue weighted by Gasteiger charge is 2.54. The van der Waals surface area contributed by atoms with Crippen LogP contribution in [0.5, 0.6) is 0 Å². The number of aromatic amines is 2. The Morgan fingerprint density at radius 3 is 1.88 bits per heavy atom. The van der Waals surface area contributed by atoms with Crippen LogP contribution in [0.4, 0.5) is 11.4 Å². The average Bonchev–Trinajstić information content (AvgIpc) is 3.43. The van der Waals surface area contributed by atoms with Crippen molar-refractivity contribution in [1.29, 1.82) is 0 Å². The lowest BCUT2D eigenvalue weighted by Gasteiger charge is -2.28. The van der Waals surface area contributed by atoms with Crippen LogP contribution >= 0.6 is 0 Å². The van der Waals surface area contributed by atoms with Crippen molar-refractivity contribution in [3.63, 3.8) is 0 Å². The maximum atomic E-state index is 14.0. The highest BCUT2D eigenvalue weighted by molar-refractivity contribution is 6.13. The van der Waals surface area contributed by atoms with Crippen molar-refractivity contribution in [2.45, 2.75) is 19.3 Å². The summed E-state index contributed by atoms with van der Waals surface area (Å²) in [4.78, 5) is 32.2. The minimum Gasteiger partial charge on any atom is -0.357 e. The molecule has 1 aliphatic rings. The van der Waals surface area contributed by atoms with E-state index in [-0.39, 0.29) is 11.6 Å². The second-order valence-corrected chi connectivity index (χ2v) is 8.53. The van der Waals surface area contributed by atoms with Crippen LogP contribution < -0.4 is 5.32 Å². The molecule has 1 amide bonds. The zero-order chi connectivity index (χ0) is 22.9. The molecule has 3 aromatic carbocycles. The van der Waals surface area contributed by atoms with E-state index in [2.05, 4.69) is 15.3 Å². The number of rotatable bonds is 3. The van der Waals surface area contributed by atoms with E-state index in [9.17, 15) is 14.9 Å². The Hall–Kier alpha value is -4.39. The number of H-pyrrole nitrogens is 2. The van der Waals surface area contributed by atoms with Gasteiger partial charge in [-0.15, -0.1) is 0 Å². The molecule has 0 atom stereocenters. The minimum absolute atomic E-state index is 0.0582. The Morgan fingerprint density at radius 2 is 1.36 bits per heavy atom. The average molecular weight is 436 g/mol. The van der Waals surface area contributed by atoms with E-state index < -0.39 is 10.3 Å². The number of non-ortho nitro benzene ring substituents is 1. The summed E-state index contributed by atoms with van der Waals surface area (Å²) < 4.78 is 0. The van der Waals surface area contributed by atoms with Crippen LogP contribution in [0.25, 0.3) is 21.8 Å². The molecule has 0 unspecified atom stereocenters. The van der Waals surface area contributed by atoms with Crippen LogP contribution in [0, 0.1) is 24.0 Å². The number of nitrogens with zero attached hydrogens (tertiary/aromatic N) is 1. The van der Waals surface area contributed by atoms with Gasteiger partial charge in [0, 0.05) is 56.6 Å². The van der Waals surface area contributed by atoms with E-state index in [1.54, 1.807) is 6.07 Å². The number of nitrogens with one attached hydrogen (secondary N) is 3. The molecular weight excluding hydrogens is 416 g/mol. The van der Waals surface area contributed by atoms with Crippen LogP contribution in [0.15, 0.2) is 66.7 Å². The second-order valence-electron chi connectivity index (χ2n) is 8.53. The van der Waals surface area contributed by atoms with Crippen molar-refractivity contribution < 1.29 is 9.72 Å². The number of hydrogen-bond donors (Lipinski definition) is 3. The summed E-state index contributed by atoms with van der Waals surface area (Å²) >= 11 is 0. The topological polar surface area (TPSA) is 104 Å². The van der Waals surface area contributed by atoms with Gasteiger partial charge in [-0.25, -0.2) is 0 Å². The summed E-state index contributed by atoms with van der Waals surface area (Å²) in [5, 5.41) is 16.7. The van der Waals surface area contributed by atoms with Crippen LogP contribution in [-0.4, -0.2) is 20.8 Å². The van der Waals surface area contributed by atoms with Gasteiger partial charge in [0.15, 0.2) is 5.41 Å². The monoisotopic (exact) mass is 436 g/mol. The number of para-hydroxylation sites is 2. The highest BCUT2D eigenvalue weighted by Crippen LogP contribution is 2.51. The molecule has 0 radical (unpaired) electrons. The van der Waals surface area contributed by atoms with Gasteiger partial charge >= 0.3 is 0 Å². The molecule has 0 saturated heterocycles. The van der Waals surface area contributed by atoms with Crippen molar-refractivity contribution in [3.8, 4) is 0 Å². The molecule has 2 aromatic heterocycles. The molecular formula is C26H20N4O3. The summed E-state index contributed by atoms with van der Waals surface area (Å²) in [6, 6.07) is 20.3. The second kappa shape index (κ2) is 6.56. The number of benzene rings is 3. The molecule has 0 saturated carbocycles. The maximum absolute atomic E-state index is 14.0. The first-order valence-corrected chi connectivity index (χ1v) is 10.7. The first kappa shape index (κ1) is 19.3.